The van der Waals surface area contributed by atoms with E-state index in [2.05, 4.69) is 4.98 Å². The summed E-state index contributed by atoms with van der Waals surface area (Å²) in [5, 5.41) is -0.232. The zero-order valence-electron chi connectivity index (χ0n) is 19.2. The first-order chi connectivity index (χ1) is 17.2. The summed E-state index contributed by atoms with van der Waals surface area (Å²) in [7, 11) is 0. The van der Waals surface area contributed by atoms with Gasteiger partial charge in [0.25, 0.3) is 0 Å². The van der Waals surface area contributed by atoms with Gasteiger partial charge in [-0.3, -0.25) is 9.78 Å². The third kappa shape index (κ3) is 5.18. The molecule has 2 aromatic heterocycles. The Bertz CT molecular complexity index is 1400. The van der Waals surface area contributed by atoms with Gasteiger partial charge >= 0.3 is 12.1 Å². The zero-order valence-corrected chi connectivity index (χ0v) is 19.2. The Balaban J connectivity index is 1.76. The summed E-state index contributed by atoms with van der Waals surface area (Å²) in [6.45, 7) is 1.59. The van der Waals surface area contributed by atoms with Crippen LogP contribution in [0.4, 0.5) is 17.6 Å². The fraction of sp³-hybridized carbons (Fsp3) is 0.231. The van der Waals surface area contributed by atoms with E-state index in [0.717, 1.165) is 0 Å². The number of para-hydroxylation sites is 1. The highest BCUT2D eigenvalue weighted by molar-refractivity contribution is 5.95. The number of aromatic nitrogens is 1. The number of hydrogen-bond acceptors (Lipinski definition) is 6. The second-order valence-electron chi connectivity index (χ2n) is 7.87. The van der Waals surface area contributed by atoms with Crippen LogP contribution in [-0.4, -0.2) is 17.6 Å². The molecule has 0 aliphatic carbocycles. The number of nitrogens with zero attached hydrogens (tertiary/aromatic N) is 1. The highest BCUT2D eigenvalue weighted by Gasteiger charge is 2.35. The number of hydrogen-bond donors (Lipinski definition) is 1. The molecular formula is C26H22F4N2O4. The van der Waals surface area contributed by atoms with Crippen molar-refractivity contribution >= 4 is 16.9 Å². The molecule has 0 bridgehead atoms. The first kappa shape index (κ1) is 25.2. The predicted molar refractivity (Wildman–Crippen MR) is 123 cm³/mol. The van der Waals surface area contributed by atoms with Gasteiger partial charge in [0.05, 0.1) is 18.7 Å². The fourth-order valence-corrected chi connectivity index (χ4v) is 3.86. The van der Waals surface area contributed by atoms with E-state index in [1.807, 2.05) is 0 Å². The normalized spacial score (nSPS) is 11.6. The largest absolute Gasteiger partial charge is 0.489 e. The first-order valence-electron chi connectivity index (χ1n) is 11.0. The molecule has 2 N–H and O–H groups in total. The number of ether oxygens (including phenoxy) is 2. The zero-order chi connectivity index (χ0) is 25.9. The summed E-state index contributed by atoms with van der Waals surface area (Å²) in [6, 6.07) is 10.9. The number of pyridine rings is 1. The summed E-state index contributed by atoms with van der Waals surface area (Å²) in [4.78, 5) is 15.8. The van der Waals surface area contributed by atoms with Crippen molar-refractivity contribution in [1.82, 2.24) is 4.98 Å². The van der Waals surface area contributed by atoms with Crippen molar-refractivity contribution in [3.63, 3.8) is 0 Å². The quantitative estimate of drug-likeness (QED) is 0.242. The number of carbonyl (C=O) groups is 1. The number of benzene rings is 2. The molecule has 0 fully saturated rings. The lowest BCUT2D eigenvalue weighted by Gasteiger charge is -2.14. The van der Waals surface area contributed by atoms with E-state index in [-0.39, 0.29) is 54.0 Å². The molecule has 0 spiro atoms. The van der Waals surface area contributed by atoms with Gasteiger partial charge < -0.3 is 19.6 Å². The van der Waals surface area contributed by atoms with E-state index in [1.54, 1.807) is 31.2 Å². The van der Waals surface area contributed by atoms with Crippen molar-refractivity contribution in [3.8, 4) is 16.9 Å². The topological polar surface area (TPSA) is 87.6 Å². The number of halogens is 4. The Labute approximate surface area is 203 Å². The molecule has 188 valence electrons. The van der Waals surface area contributed by atoms with Crippen LogP contribution in [0.2, 0.25) is 0 Å². The lowest BCUT2D eigenvalue weighted by molar-refractivity contribution is -0.142. The van der Waals surface area contributed by atoms with Gasteiger partial charge in [-0.05, 0) is 36.8 Å². The number of esters is 1. The molecule has 0 aliphatic heterocycles. The maximum Gasteiger partial charge on any atom is 0.420 e. The lowest BCUT2D eigenvalue weighted by Crippen LogP contribution is -2.09. The van der Waals surface area contributed by atoms with Crippen LogP contribution in [0.25, 0.3) is 22.1 Å². The van der Waals surface area contributed by atoms with E-state index < -0.39 is 23.5 Å². The molecule has 6 nitrogen and oxygen atoms in total. The standard InChI is InChI=1S/C26H22F4N2O4/c1-2-34-23(33)11-16-5-3-4-6-22(16)35-13-15-9-18(17-7-8-32-21(12-31)24(17)27)25-19(10-15)20(14-36-25)26(28,29)30/h3-10,14H,2,11-13,31H2,1H3. The van der Waals surface area contributed by atoms with Crippen LogP contribution in [0.1, 0.15) is 29.3 Å². The smallest absolute Gasteiger partial charge is 0.420 e. The molecule has 0 atom stereocenters. The summed E-state index contributed by atoms with van der Waals surface area (Å²) in [6.07, 6.45) is -2.78. The minimum Gasteiger partial charge on any atom is -0.489 e. The van der Waals surface area contributed by atoms with Crippen molar-refractivity contribution < 1.29 is 36.2 Å². The van der Waals surface area contributed by atoms with Gasteiger partial charge in [-0.1, -0.05) is 18.2 Å². The lowest BCUT2D eigenvalue weighted by atomic mass is 9.98. The molecule has 0 radical (unpaired) electrons. The summed E-state index contributed by atoms with van der Waals surface area (Å²) in [5.74, 6) is -0.811. The Morgan fingerprint density at radius 1 is 1.14 bits per heavy atom. The van der Waals surface area contributed by atoms with Crippen molar-refractivity contribution in [2.45, 2.75) is 32.7 Å². The molecule has 10 heteroatoms. The van der Waals surface area contributed by atoms with E-state index in [0.29, 0.717) is 23.1 Å². The molecule has 0 saturated carbocycles. The Kier molecular flexibility index (Phi) is 7.25. The van der Waals surface area contributed by atoms with Crippen molar-refractivity contribution in [2.24, 2.45) is 5.73 Å². The number of furan rings is 1. The van der Waals surface area contributed by atoms with Gasteiger partial charge in [-0.15, -0.1) is 0 Å². The minimum absolute atomic E-state index is 0.00286. The summed E-state index contributed by atoms with van der Waals surface area (Å²) >= 11 is 0. The van der Waals surface area contributed by atoms with Crippen LogP contribution in [-0.2, 0) is 35.3 Å². The Hall–Kier alpha value is -3.92. The molecule has 2 heterocycles. The molecular weight excluding hydrogens is 480 g/mol. The summed E-state index contributed by atoms with van der Waals surface area (Å²) < 4.78 is 72.2. The van der Waals surface area contributed by atoms with Gasteiger partial charge in [-0.25, -0.2) is 4.39 Å². The maximum absolute atomic E-state index is 15.1. The third-order valence-corrected chi connectivity index (χ3v) is 5.49. The average Bonchev–Trinajstić information content (AvgIpc) is 3.28. The minimum atomic E-state index is -4.69. The molecule has 0 aliphatic rings. The number of fused-ring (bicyclic) bond motifs is 1. The highest BCUT2D eigenvalue weighted by Crippen LogP contribution is 2.41. The Morgan fingerprint density at radius 3 is 2.64 bits per heavy atom. The highest BCUT2D eigenvalue weighted by atomic mass is 19.4. The van der Waals surface area contributed by atoms with Gasteiger partial charge in [0, 0.05) is 34.8 Å². The third-order valence-electron chi connectivity index (χ3n) is 5.49. The second-order valence-corrected chi connectivity index (χ2v) is 7.87. The molecule has 36 heavy (non-hydrogen) atoms. The van der Waals surface area contributed by atoms with Crippen LogP contribution in [0, 0.1) is 5.82 Å². The molecule has 4 rings (SSSR count). The Morgan fingerprint density at radius 2 is 1.92 bits per heavy atom. The average molecular weight is 502 g/mol. The van der Waals surface area contributed by atoms with Gasteiger partial charge in [-0.2, -0.15) is 13.2 Å². The number of carbonyl (C=O) groups excluding carboxylic acids is 1. The van der Waals surface area contributed by atoms with Crippen LogP contribution in [0.3, 0.4) is 0 Å². The second kappa shape index (κ2) is 10.4. The van der Waals surface area contributed by atoms with Crippen molar-refractivity contribution in [2.75, 3.05) is 6.61 Å². The molecule has 2 aromatic carbocycles. The van der Waals surface area contributed by atoms with Crippen LogP contribution >= 0.6 is 0 Å². The van der Waals surface area contributed by atoms with E-state index in [9.17, 15) is 18.0 Å². The molecule has 0 amide bonds. The monoisotopic (exact) mass is 502 g/mol. The fourth-order valence-electron chi connectivity index (χ4n) is 3.86. The van der Waals surface area contributed by atoms with Crippen molar-refractivity contribution in [1.29, 1.82) is 0 Å². The van der Waals surface area contributed by atoms with Crippen LogP contribution in [0.15, 0.2) is 59.3 Å². The van der Waals surface area contributed by atoms with Crippen molar-refractivity contribution in [3.05, 3.63) is 83.1 Å². The molecule has 0 unspecified atom stereocenters. The molecule has 4 aromatic rings. The van der Waals surface area contributed by atoms with E-state index in [4.69, 9.17) is 19.6 Å². The number of alkyl halides is 3. The van der Waals surface area contributed by atoms with Crippen LogP contribution < -0.4 is 10.5 Å². The van der Waals surface area contributed by atoms with Gasteiger partial charge in [0.1, 0.15) is 29.8 Å². The van der Waals surface area contributed by atoms with Gasteiger partial charge in [0.2, 0.25) is 0 Å². The van der Waals surface area contributed by atoms with Gasteiger partial charge in [0.15, 0.2) is 5.82 Å². The maximum atomic E-state index is 15.1. The first-order valence-corrected chi connectivity index (χ1v) is 11.0. The summed E-state index contributed by atoms with van der Waals surface area (Å²) in [5.41, 5.74) is 5.42. The van der Waals surface area contributed by atoms with Crippen LogP contribution in [0.5, 0.6) is 5.75 Å². The SMILES string of the molecule is CCOC(=O)Cc1ccccc1OCc1cc(-c2ccnc(CN)c2F)c2occ(C(F)(F)F)c2c1. The van der Waals surface area contributed by atoms with E-state index in [1.165, 1.54) is 24.4 Å². The van der Waals surface area contributed by atoms with E-state index >= 15 is 4.39 Å². The number of rotatable bonds is 8. The number of nitrogens with two attached hydrogens (primary N) is 1. The molecule has 0 saturated heterocycles. The predicted octanol–water partition coefficient (Wildman–Crippen LogP) is 5.80.